The maximum absolute atomic E-state index is 12.5. The number of aromatic nitrogens is 4. The van der Waals surface area contributed by atoms with Crippen molar-refractivity contribution in [2.45, 2.75) is 38.0 Å². The number of carbonyl (C=O) groups excluding carboxylic acids is 1. The van der Waals surface area contributed by atoms with Crippen molar-refractivity contribution in [1.29, 1.82) is 0 Å². The number of piperidine rings is 1. The van der Waals surface area contributed by atoms with Crippen LogP contribution in [-0.4, -0.2) is 43.5 Å². The normalized spacial score (nSPS) is 15.5. The van der Waals surface area contributed by atoms with E-state index in [0.29, 0.717) is 12.3 Å². The van der Waals surface area contributed by atoms with Crippen molar-refractivity contribution in [3.05, 3.63) is 60.3 Å². The maximum Gasteiger partial charge on any atom is 0.222 e. The zero-order chi connectivity index (χ0) is 17.8. The van der Waals surface area contributed by atoms with E-state index in [1.54, 1.807) is 6.20 Å². The standard InChI is InChI=1S/C20H23N5O/c26-19(9-5-7-17-6-1-3-12-21-17)24-14-10-16(11-15-24)20-23-22-18-8-2-4-13-25(18)20/h1-4,6,8,12-13,16H,5,7,9-11,14-15H2. The lowest BCUT2D eigenvalue weighted by Crippen LogP contribution is -2.38. The van der Waals surface area contributed by atoms with Crippen LogP contribution in [0.1, 0.15) is 43.1 Å². The fourth-order valence-electron chi connectivity index (χ4n) is 3.65. The second-order valence-corrected chi connectivity index (χ2v) is 6.82. The van der Waals surface area contributed by atoms with E-state index in [4.69, 9.17) is 0 Å². The van der Waals surface area contributed by atoms with Gasteiger partial charge in [0.15, 0.2) is 5.65 Å². The van der Waals surface area contributed by atoms with Gasteiger partial charge in [-0.2, -0.15) is 0 Å². The molecule has 0 aromatic carbocycles. The van der Waals surface area contributed by atoms with Gasteiger partial charge in [0.2, 0.25) is 5.91 Å². The molecule has 0 spiro atoms. The summed E-state index contributed by atoms with van der Waals surface area (Å²) >= 11 is 0. The Labute approximate surface area is 152 Å². The average molecular weight is 349 g/mol. The molecule has 0 radical (unpaired) electrons. The topological polar surface area (TPSA) is 63.4 Å². The van der Waals surface area contributed by atoms with Gasteiger partial charge in [0.25, 0.3) is 0 Å². The average Bonchev–Trinajstić information content (AvgIpc) is 3.13. The minimum absolute atomic E-state index is 0.255. The third-order valence-electron chi connectivity index (χ3n) is 5.10. The summed E-state index contributed by atoms with van der Waals surface area (Å²) in [6, 6.07) is 11.9. The number of amides is 1. The van der Waals surface area contributed by atoms with Gasteiger partial charge < -0.3 is 4.90 Å². The minimum Gasteiger partial charge on any atom is -0.343 e. The first kappa shape index (κ1) is 16.7. The van der Waals surface area contributed by atoms with Crippen molar-refractivity contribution in [3.8, 4) is 0 Å². The molecule has 4 rings (SSSR count). The van der Waals surface area contributed by atoms with E-state index >= 15 is 0 Å². The van der Waals surface area contributed by atoms with Crippen molar-refractivity contribution in [2.24, 2.45) is 0 Å². The number of aryl methyl sites for hydroxylation is 1. The number of nitrogens with zero attached hydrogens (tertiary/aromatic N) is 5. The third-order valence-corrected chi connectivity index (χ3v) is 5.10. The van der Waals surface area contributed by atoms with Crippen LogP contribution in [0, 0.1) is 0 Å². The first-order valence-electron chi connectivity index (χ1n) is 9.28. The molecule has 1 saturated heterocycles. The lowest BCUT2D eigenvalue weighted by atomic mass is 9.95. The quantitative estimate of drug-likeness (QED) is 0.710. The Kier molecular flexibility index (Phi) is 4.91. The van der Waals surface area contributed by atoms with E-state index in [9.17, 15) is 4.79 Å². The Balaban J connectivity index is 1.28. The van der Waals surface area contributed by atoms with Gasteiger partial charge in [-0.1, -0.05) is 12.1 Å². The summed E-state index contributed by atoms with van der Waals surface area (Å²) in [7, 11) is 0. The monoisotopic (exact) mass is 349 g/mol. The van der Waals surface area contributed by atoms with E-state index in [0.717, 1.165) is 55.9 Å². The fraction of sp³-hybridized carbons (Fsp3) is 0.400. The Bertz CT molecular complexity index is 868. The van der Waals surface area contributed by atoms with Crippen LogP contribution in [-0.2, 0) is 11.2 Å². The summed E-state index contributed by atoms with van der Waals surface area (Å²) in [5.74, 6) is 1.64. The van der Waals surface area contributed by atoms with Gasteiger partial charge in [0.1, 0.15) is 5.82 Å². The largest absolute Gasteiger partial charge is 0.343 e. The highest BCUT2D eigenvalue weighted by molar-refractivity contribution is 5.76. The van der Waals surface area contributed by atoms with Gasteiger partial charge >= 0.3 is 0 Å². The summed E-state index contributed by atoms with van der Waals surface area (Å²) in [5, 5.41) is 8.62. The van der Waals surface area contributed by atoms with Crippen LogP contribution < -0.4 is 0 Å². The molecular weight excluding hydrogens is 326 g/mol. The molecule has 0 atom stereocenters. The molecule has 4 heterocycles. The van der Waals surface area contributed by atoms with Crippen molar-refractivity contribution in [2.75, 3.05) is 13.1 Å². The summed E-state index contributed by atoms with van der Waals surface area (Å²) in [6.07, 6.45) is 8.01. The minimum atomic E-state index is 0.255. The number of fused-ring (bicyclic) bond motifs is 1. The first-order chi connectivity index (χ1) is 12.8. The van der Waals surface area contributed by atoms with Crippen LogP contribution in [0.2, 0.25) is 0 Å². The van der Waals surface area contributed by atoms with E-state index in [1.165, 1.54) is 0 Å². The van der Waals surface area contributed by atoms with Crippen molar-refractivity contribution in [3.63, 3.8) is 0 Å². The molecule has 0 bridgehead atoms. The maximum atomic E-state index is 12.5. The van der Waals surface area contributed by atoms with Crippen molar-refractivity contribution >= 4 is 11.6 Å². The van der Waals surface area contributed by atoms with Gasteiger partial charge in [-0.3, -0.25) is 14.2 Å². The molecule has 1 aliphatic rings. The molecule has 1 amide bonds. The molecule has 26 heavy (non-hydrogen) atoms. The highest BCUT2D eigenvalue weighted by atomic mass is 16.2. The number of likely N-dealkylation sites (tertiary alicyclic amines) is 1. The Hall–Kier alpha value is -2.76. The lowest BCUT2D eigenvalue weighted by molar-refractivity contribution is -0.132. The van der Waals surface area contributed by atoms with Gasteiger partial charge in [-0.05, 0) is 49.9 Å². The zero-order valence-corrected chi connectivity index (χ0v) is 14.8. The molecule has 0 unspecified atom stereocenters. The predicted octanol–water partition coefficient (Wildman–Crippen LogP) is 2.85. The SMILES string of the molecule is O=C(CCCc1ccccn1)N1CCC(c2nnc3ccccn23)CC1. The van der Waals surface area contributed by atoms with E-state index < -0.39 is 0 Å². The fourth-order valence-corrected chi connectivity index (χ4v) is 3.65. The molecular formula is C20H23N5O. The molecule has 6 heteroatoms. The Morgan fingerprint density at radius 3 is 2.73 bits per heavy atom. The zero-order valence-electron chi connectivity index (χ0n) is 14.8. The molecule has 1 fully saturated rings. The Morgan fingerprint density at radius 2 is 1.92 bits per heavy atom. The second kappa shape index (κ2) is 7.64. The molecule has 0 aliphatic carbocycles. The smallest absolute Gasteiger partial charge is 0.222 e. The van der Waals surface area contributed by atoms with Gasteiger partial charge in [-0.25, -0.2) is 0 Å². The summed E-state index contributed by atoms with van der Waals surface area (Å²) in [5.41, 5.74) is 1.94. The summed E-state index contributed by atoms with van der Waals surface area (Å²) in [6.45, 7) is 1.60. The van der Waals surface area contributed by atoms with Crippen molar-refractivity contribution < 1.29 is 4.79 Å². The second-order valence-electron chi connectivity index (χ2n) is 6.82. The van der Waals surface area contributed by atoms with Crippen LogP contribution >= 0.6 is 0 Å². The van der Waals surface area contributed by atoms with Crippen LogP contribution in [0.15, 0.2) is 48.8 Å². The van der Waals surface area contributed by atoms with E-state index in [1.807, 2.05) is 47.5 Å². The number of pyridine rings is 2. The molecule has 0 N–H and O–H groups in total. The number of carbonyl (C=O) groups is 1. The highest BCUT2D eigenvalue weighted by Gasteiger charge is 2.26. The third kappa shape index (κ3) is 3.59. The van der Waals surface area contributed by atoms with E-state index in [-0.39, 0.29) is 5.91 Å². The number of rotatable bonds is 5. The molecule has 0 saturated carbocycles. The summed E-state index contributed by atoms with van der Waals surface area (Å²) < 4.78 is 2.06. The number of hydrogen-bond donors (Lipinski definition) is 0. The summed E-state index contributed by atoms with van der Waals surface area (Å²) in [4.78, 5) is 18.8. The molecule has 3 aromatic heterocycles. The van der Waals surface area contributed by atoms with Crippen LogP contribution in [0.25, 0.3) is 5.65 Å². The predicted molar refractivity (Wildman–Crippen MR) is 98.7 cm³/mol. The highest BCUT2D eigenvalue weighted by Crippen LogP contribution is 2.27. The van der Waals surface area contributed by atoms with Gasteiger partial charge in [0, 0.05) is 43.5 Å². The first-order valence-corrected chi connectivity index (χ1v) is 9.28. The Morgan fingerprint density at radius 1 is 1.08 bits per heavy atom. The van der Waals surface area contributed by atoms with Crippen LogP contribution in [0.4, 0.5) is 0 Å². The lowest BCUT2D eigenvalue weighted by Gasteiger charge is -2.31. The molecule has 1 aliphatic heterocycles. The number of hydrogen-bond acceptors (Lipinski definition) is 4. The molecule has 6 nitrogen and oxygen atoms in total. The molecule has 3 aromatic rings. The van der Waals surface area contributed by atoms with Gasteiger partial charge in [0.05, 0.1) is 0 Å². The van der Waals surface area contributed by atoms with Crippen molar-refractivity contribution in [1.82, 2.24) is 24.5 Å². The van der Waals surface area contributed by atoms with E-state index in [2.05, 4.69) is 19.6 Å². The van der Waals surface area contributed by atoms with Crippen LogP contribution in [0.5, 0.6) is 0 Å². The van der Waals surface area contributed by atoms with Gasteiger partial charge in [-0.15, -0.1) is 10.2 Å². The molecule has 134 valence electrons. The van der Waals surface area contributed by atoms with Crippen LogP contribution in [0.3, 0.4) is 0 Å².